The number of aromatic nitrogens is 1. The minimum atomic E-state index is -3.66. The van der Waals surface area contributed by atoms with Crippen LogP contribution in [0.4, 0.5) is 11.5 Å². The van der Waals surface area contributed by atoms with Crippen LogP contribution in [-0.2, 0) is 19.6 Å². The maximum atomic E-state index is 12.1. The van der Waals surface area contributed by atoms with Gasteiger partial charge in [0.15, 0.2) is 5.82 Å². The number of hydrogen-bond donors (Lipinski definition) is 2. The van der Waals surface area contributed by atoms with E-state index in [-0.39, 0.29) is 35.8 Å². The molecule has 3 amide bonds. The summed E-state index contributed by atoms with van der Waals surface area (Å²) in [4.78, 5) is 35.6. The van der Waals surface area contributed by atoms with Crippen molar-refractivity contribution in [1.82, 2.24) is 10.5 Å². The average Bonchev–Trinajstić information content (AvgIpc) is 3.15. The van der Waals surface area contributed by atoms with Crippen molar-refractivity contribution in [3.05, 3.63) is 41.7 Å². The zero-order chi connectivity index (χ0) is 19.6. The van der Waals surface area contributed by atoms with Gasteiger partial charge in [0.2, 0.25) is 21.8 Å². The van der Waals surface area contributed by atoms with Crippen molar-refractivity contribution >= 4 is 39.3 Å². The van der Waals surface area contributed by atoms with Crippen LogP contribution in [0, 0.1) is 6.92 Å². The maximum absolute atomic E-state index is 12.1. The van der Waals surface area contributed by atoms with Crippen LogP contribution in [0.3, 0.4) is 0 Å². The number of aryl methyl sites for hydroxylation is 1. The third-order valence-electron chi connectivity index (χ3n) is 3.75. The van der Waals surface area contributed by atoms with E-state index in [1.54, 1.807) is 6.92 Å². The summed E-state index contributed by atoms with van der Waals surface area (Å²) >= 11 is 0. The molecule has 1 aliphatic heterocycles. The first-order valence-electron chi connectivity index (χ1n) is 7.93. The fraction of sp³-hybridized carbons (Fsp3) is 0.250. The number of carbonyl (C=O) groups is 3. The Morgan fingerprint density at radius 3 is 2.52 bits per heavy atom. The average molecular weight is 392 g/mol. The molecule has 0 atom stereocenters. The van der Waals surface area contributed by atoms with Gasteiger partial charge in [-0.05, 0) is 31.2 Å². The number of amides is 3. The molecule has 0 spiro atoms. The van der Waals surface area contributed by atoms with Crippen LogP contribution in [-0.4, -0.2) is 43.6 Å². The number of nitrogens with zero attached hydrogens (tertiary/aromatic N) is 2. The van der Waals surface area contributed by atoms with Crippen LogP contribution >= 0.6 is 0 Å². The number of benzene rings is 1. The summed E-state index contributed by atoms with van der Waals surface area (Å²) in [5.74, 6) is -0.966. The van der Waals surface area contributed by atoms with Gasteiger partial charge in [-0.15, -0.1) is 0 Å². The van der Waals surface area contributed by atoms with E-state index in [4.69, 9.17) is 4.52 Å². The molecule has 1 aliphatic rings. The summed E-state index contributed by atoms with van der Waals surface area (Å²) in [6.45, 7) is 1.39. The Hall–Kier alpha value is -3.21. The van der Waals surface area contributed by atoms with Crippen LogP contribution in [0.5, 0.6) is 0 Å². The normalized spacial score (nSPS) is 15.6. The molecule has 2 aromatic rings. The Morgan fingerprint density at radius 1 is 1.26 bits per heavy atom. The molecule has 0 unspecified atom stereocenters. The van der Waals surface area contributed by atoms with E-state index < -0.39 is 27.7 Å². The monoisotopic (exact) mass is 392 g/mol. The molecular formula is C16H16N4O6S. The van der Waals surface area contributed by atoms with Gasteiger partial charge in [0.25, 0.3) is 5.91 Å². The molecule has 10 nitrogen and oxygen atoms in total. The van der Waals surface area contributed by atoms with Crippen molar-refractivity contribution in [2.45, 2.75) is 13.3 Å². The Morgan fingerprint density at radius 2 is 1.96 bits per heavy atom. The van der Waals surface area contributed by atoms with Crippen molar-refractivity contribution in [2.75, 3.05) is 21.9 Å². The summed E-state index contributed by atoms with van der Waals surface area (Å²) in [6.07, 6.45) is -0.0648. The standard InChI is InChI=1S/C16H16N4O6S/c1-10-8-13(19-26-10)18-14(21)9-17-16(23)11-2-4-12(5-3-11)20-15(22)6-7-27(20,24)25/h2-5,8H,6-7,9H2,1H3,(H,17,23)(H,18,19,21). The Bertz CT molecular complexity index is 996. The summed E-state index contributed by atoms with van der Waals surface area (Å²) in [6, 6.07) is 7.03. The van der Waals surface area contributed by atoms with Gasteiger partial charge in [-0.25, -0.2) is 12.7 Å². The van der Waals surface area contributed by atoms with Gasteiger partial charge in [-0.2, -0.15) is 0 Å². The molecule has 1 fully saturated rings. The highest BCUT2D eigenvalue weighted by atomic mass is 32.2. The highest BCUT2D eigenvalue weighted by molar-refractivity contribution is 7.94. The summed E-state index contributed by atoms with van der Waals surface area (Å²) in [5.41, 5.74) is 0.390. The van der Waals surface area contributed by atoms with E-state index in [1.807, 2.05) is 0 Å². The lowest BCUT2D eigenvalue weighted by Crippen LogP contribution is -2.33. The zero-order valence-electron chi connectivity index (χ0n) is 14.3. The Balaban J connectivity index is 1.59. The van der Waals surface area contributed by atoms with Crippen LogP contribution in [0.15, 0.2) is 34.9 Å². The van der Waals surface area contributed by atoms with Crippen molar-refractivity contribution in [2.24, 2.45) is 0 Å². The first-order chi connectivity index (χ1) is 12.8. The van der Waals surface area contributed by atoms with Crippen LogP contribution < -0.4 is 14.9 Å². The van der Waals surface area contributed by atoms with Gasteiger partial charge < -0.3 is 15.2 Å². The van der Waals surface area contributed by atoms with Crippen LogP contribution in [0.25, 0.3) is 0 Å². The van der Waals surface area contributed by atoms with Crippen LogP contribution in [0.1, 0.15) is 22.5 Å². The summed E-state index contributed by atoms with van der Waals surface area (Å²) in [5, 5.41) is 8.50. The molecule has 1 aromatic carbocycles. The highest BCUT2D eigenvalue weighted by Crippen LogP contribution is 2.25. The smallest absolute Gasteiger partial charge is 0.251 e. The lowest BCUT2D eigenvalue weighted by Gasteiger charge is -2.15. The van der Waals surface area contributed by atoms with Crippen molar-refractivity contribution in [3.63, 3.8) is 0 Å². The summed E-state index contributed by atoms with van der Waals surface area (Å²) in [7, 11) is -3.66. The maximum Gasteiger partial charge on any atom is 0.251 e. The van der Waals surface area contributed by atoms with Gasteiger partial charge in [0.05, 0.1) is 18.0 Å². The minimum Gasteiger partial charge on any atom is -0.360 e. The van der Waals surface area contributed by atoms with Crippen molar-refractivity contribution in [3.8, 4) is 0 Å². The van der Waals surface area contributed by atoms with E-state index in [2.05, 4.69) is 15.8 Å². The van der Waals surface area contributed by atoms with Gasteiger partial charge in [0.1, 0.15) is 5.76 Å². The Kier molecular flexibility index (Phi) is 4.95. The van der Waals surface area contributed by atoms with Crippen molar-refractivity contribution < 1.29 is 27.3 Å². The largest absolute Gasteiger partial charge is 0.360 e. The molecule has 3 rings (SSSR count). The molecule has 142 valence electrons. The van der Waals surface area contributed by atoms with E-state index >= 15 is 0 Å². The number of sulfonamides is 1. The fourth-order valence-electron chi connectivity index (χ4n) is 2.49. The molecule has 1 aromatic heterocycles. The van der Waals surface area contributed by atoms with Crippen molar-refractivity contribution in [1.29, 1.82) is 0 Å². The molecule has 0 saturated carbocycles. The molecule has 1 saturated heterocycles. The molecule has 0 radical (unpaired) electrons. The second-order valence-electron chi connectivity index (χ2n) is 5.82. The number of nitrogens with one attached hydrogen (secondary N) is 2. The van der Waals surface area contributed by atoms with Gasteiger partial charge in [0, 0.05) is 18.1 Å². The number of anilines is 2. The predicted octanol–water partition coefficient (Wildman–Crippen LogP) is 0.418. The lowest BCUT2D eigenvalue weighted by molar-refractivity contribution is -0.116. The molecule has 0 bridgehead atoms. The second kappa shape index (κ2) is 7.19. The number of hydrogen-bond acceptors (Lipinski definition) is 7. The lowest BCUT2D eigenvalue weighted by atomic mass is 10.2. The predicted molar refractivity (Wildman–Crippen MR) is 94.5 cm³/mol. The number of rotatable bonds is 5. The molecule has 11 heteroatoms. The molecule has 0 aliphatic carbocycles. The third-order valence-corrected chi connectivity index (χ3v) is 5.44. The van der Waals surface area contributed by atoms with E-state index in [0.29, 0.717) is 5.76 Å². The van der Waals surface area contributed by atoms with Gasteiger partial charge in [-0.3, -0.25) is 14.4 Å². The third kappa shape index (κ3) is 4.14. The van der Waals surface area contributed by atoms with E-state index in [0.717, 1.165) is 4.31 Å². The van der Waals surface area contributed by atoms with E-state index in [9.17, 15) is 22.8 Å². The molecule has 27 heavy (non-hydrogen) atoms. The first-order valence-corrected chi connectivity index (χ1v) is 9.54. The van der Waals surface area contributed by atoms with E-state index in [1.165, 1.54) is 30.3 Å². The van der Waals surface area contributed by atoms with Crippen LogP contribution in [0.2, 0.25) is 0 Å². The Labute approximate surface area is 154 Å². The first kappa shape index (κ1) is 18.6. The second-order valence-corrected chi connectivity index (χ2v) is 7.76. The number of carbonyl (C=O) groups excluding carboxylic acids is 3. The highest BCUT2D eigenvalue weighted by Gasteiger charge is 2.36. The van der Waals surface area contributed by atoms with Gasteiger partial charge in [-0.1, -0.05) is 5.16 Å². The van der Waals surface area contributed by atoms with Gasteiger partial charge >= 0.3 is 0 Å². The zero-order valence-corrected chi connectivity index (χ0v) is 15.1. The topological polar surface area (TPSA) is 139 Å². The quantitative estimate of drug-likeness (QED) is 0.752. The molecule has 2 N–H and O–H groups in total. The SMILES string of the molecule is Cc1cc(NC(=O)CNC(=O)c2ccc(N3C(=O)CCS3(=O)=O)cc2)no1. The molecular weight excluding hydrogens is 376 g/mol. The summed E-state index contributed by atoms with van der Waals surface area (Å²) < 4.78 is 29.3. The minimum absolute atomic E-state index is 0.0648. The fourth-order valence-corrected chi connectivity index (χ4v) is 3.95. The molecule has 2 heterocycles.